The third-order valence-corrected chi connectivity index (χ3v) is 5.07. The quantitative estimate of drug-likeness (QED) is 0.750. The summed E-state index contributed by atoms with van der Waals surface area (Å²) in [6.45, 7) is 3.16. The van der Waals surface area contributed by atoms with Gasteiger partial charge in [0.05, 0.1) is 0 Å². The monoisotopic (exact) mass is 396 g/mol. The molecule has 152 valence electrons. The second-order valence-electron chi connectivity index (χ2n) is 6.94. The van der Waals surface area contributed by atoms with Crippen molar-refractivity contribution in [3.05, 3.63) is 59.7 Å². The van der Waals surface area contributed by atoms with Gasteiger partial charge in [0.25, 0.3) is 0 Å². The lowest BCUT2D eigenvalue weighted by atomic mass is 9.98. The number of carboxylic acids is 1. The minimum atomic E-state index is -1.10. The van der Waals surface area contributed by atoms with Crippen molar-refractivity contribution in [1.29, 1.82) is 0 Å². The molecule has 0 saturated heterocycles. The van der Waals surface area contributed by atoms with Crippen LogP contribution in [0.2, 0.25) is 0 Å². The maximum atomic E-state index is 12.3. The van der Waals surface area contributed by atoms with Gasteiger partial charge in [0.15, 0.2) is 0 Å². The van der Waals surface area contributed by atoms with Crippen LogP contribution in [0.4, 0.5) is 4.79 Å². The number of hydrogen-bond acceptors (Lipinski definition) is 4. The minimum Gasteiger partial charge on any atom is -0.480 e. The average Bonchev–Trinajstić information content (AvgIpc) is 3.03. The van der Waals surface area contributed by atoms with Crippen LogP contribution in [0.3, 0.4) is 0 Å². The number of hydrogen-bond donors (Lipinski definition) is 2. The predicted molar refractivity (Wildman–Crippen MR) is 108 cm³/mol. The van der Waals surface area contributed by atoms with E-state index in [4.69, 9.17) is 9.84 Å². The van der Waals surface area contributed by atoms with Gasteiger partial charge in [-0.25, -0.2) is 4.79 Å². The van der Waals surface area contributed by atoms with Crippen molar-refractivity contribution in [1.82, 2.24) is 10.2 Å². The number of carbonyl (C=O) groups excluding carboxylic acids is 2. The Morgan fingerprint density at radius 2 is 1.62 bits per heavy atom. The third kappa shape index (κ3) is 4.39. The largest absolute Gasteiger partial charge is 0.480 e. The van der Waals surface area contributed by atoms with Crippen LogP contribution in [0.5, 0.6) is 0 Å². The molecule has 7 nitrogen and oxygen atoms in total. The van der Waals surface area contributed by atoms with Gasteiger partial charge in [0, 0.05) is 12.5 Å². The van der Waals surface area contributed by atoms with Gasteiger partial charge in [-0.1, -0.05) is 48.5 Å². The van der Waals surface area contributed by atoms with Crippen molar-refractivity contribution in [2.75, 3.05) is 19.7 Å². The molecule has 2 aromatic rings. The van der Waals surface area contributed by atoms with Gasteiger partial charge in [0.1, 0.15) is 19.2 Å². The molecule has 2 N–H and O–H groups in total. The number of ether oxygens (including phenoxy) is 1. The van der Waals surface area contributed by atoms with E-state index in [1.54, 1.807) is 6.92 Å². The number of amides is 2. The Bertz CT molecular complexity index is 881. The van der Waals surface area contributed by atoms with Crippen LogP contribution in [0.15, 0.2) is 48.5 Å². The lowest BCUT2D eigenvalue weighted by Gasteiger charge is -2.23. The maximum absolute atomic E-state index is 12.3. The Balaban J connectivity index is 1.62. The Kier molecular flexibility index (Phi) is 6.16. The standard InChI is InChI=1S/C22H24N2O5/c1-3-24(12-20(25)26)21(27)14(2)23-22(28)29-13-19-17-10-6-4-8-15(17)16-9-5-7-11-18(16)19/h4-11,14,19H,3,12-13H2,1-2H3,(H,23,28)(H,25,26). The first-order valence-electron chi connectivity index (χ1n) is 9.54. The van der Waals surface area contributed by atoms with Gasteiger partial charge in [-0.05, 0) is 36.1 Å². The number of nitrogens with one attached hydrogen (secondary N) is 1. The van der Waals surface area contributed by atoms with E-state index in [0.717, 1.165) is 27.2 Å². The van der Waals surface area contributed by atoms with Crippen LogP contribution in [0.25, 0.3) is 11.1 Å². The van der Waals surface area contributed by atoms with Gasteiger partial charge in [0.2, 0.25) is 5.91 Å². The smallest absolute Gasteiger partial charge is 0.407 e. The van der Waals surface area contributed by atoms with Crippen molar-refractivity contribution >= 4 is 18.0 Å². The van der Waals surface area contributed by atoms with E-state index in [-0.39, 0.29) is 19.1 Å². The van der Waals surface area contributed by atoms with Gasteiger partial charge >= 0.3 is 12.1 Å². The molecular formula is C22H24N2O5. The summed E-state index contributed by atoms with van der Waals surface area (Å²) in [7, 11) is 0. The number of benzene rings is 2. The number of nitrogens with zero attached hydrogens (tertiary/aromatic N) is 1. The van der Waals surface area contributed by atoms with Crippen LogP contribution >= 0.6 is 0 Å². The maximum Gasteiger partial charge on any atom is 0.407 e. The van der Waals surface area contributed by atoms with Crippen LogP contribution in [0, 0.1) is 0 Å². The fourth-order valence-corrected chi connectivity index (χ4v) is 3.66. The van der Waals surface area contributed by atoms with E-state index in [1.165, 1.54) is 6.92 Å². The first-order valence-corrected chi connectivity index (χ1v) is 9.54. The molecule has 0 saturated carbocycles. The molecule has 1 unspecified atom stereocenters. The predicted octanol–water partition coefficient (Wildman–Crippen LogP) is 2.85. The van der Waals surface area contributed by atoms with Crippen LogP contribution < -0.4 is 5.32 Å². The number of carbonyl (C=O) groups is 3. The summed E-state index contributed by atoms with van der Waals surface area (Å²) in [6.07, 6.45) is -0.709. The molecule has 0 fully saturated rings. The Morgan fingerprint density at radius 1 is 1.07 bits per heavy atom. The molecule has 2 amide bonds. The first-order chi connectivity index (χ1) is 13.9. The van der Waals surface area contributed by atoms with Gasteiger partial charge in [-0.15, -0.1) is 0 Å². The van der Waals surface area contributed by atoms with E-state index in [2.05, 4.69) is 17.4 Å². The molecule has 1 atom stereocenters. The summed E-state index contributed by atoms with van der Waals surface area (Å²) in [4.78, 5) is 36.6. The summed E-state index contributed by atoms with van der Waals surface area (Å²) in [5.41, 5.74) is 4.47. The normalized spacial score (nSPS) is 13.2. The van der Waals surface area contributed by atoms with Crippen LogP contribution in [-0.4, -0.2) is 53.7 Å². The van der Waals surface area contributed by atoms with E-state index < -0.39 is 30.6 Å². The number of fused-ring (bicyclic) bond motifs is 3. The highest BCUT2D eigenvalue weighted by atomic mass is 16.5. The van der Waals surface area contributed by atoms with Gasteiger partial charge in [-0.2, -0.15) is 0 Å². The fraction of sp³-hybridized carbons (Fsp3) is 0.318. The molecule has 0 heterocycles. The zero-order chi connectivity index (χ0) is 21.0. The Labute approximate surface area is 169 Å². The lowest BCUT2D eigenvalue weighted by molar-refractivity contribution is -0.144. The summed E-state index contributed by atoms with van der Waals surface area (Å²) in [5.74, 6) is -1.64. The molecule has 1 aliphatic carbocycles. The Morgan fingerprint density at radius 3 is 2.14 bits per heavy atom. The van der Waals surface area contributed by atoms with E-state index in [0.29, 0.717) is 0 Å². The third-order valence-electron chi connectivity index (χ3n) is 5.07. The summed E-state index contributed by atoms with van der Waals surface area (Å²) < 4.78 is 5.42. The topological polar surface area (TPSA) is 95.9 Å². The average molecular weight is 396 g/mol. The van der Waals surface area contributed by atoms with Crippen molar-refractivity contribution in [2.45, 2.75) is 25.8 Å². The summed E-state index contributed by atoms with van der Waals surface area (Å²) in [5, 5.41) is 11.4. The number of rotatable bonds is 7. The molecule has 0 spiro atoms. The number of aliphatic carboxylic acids is 1. The van der Waals surface area contributed by atoms with Crippen molar-refractivity contribution < 1.29 is 24.2 Å². The first kappa shape index (κ1) is 20.4. The number of likely N-dealkylation sites (N-methyl/N-ethyl adjacent to an activating group) is 1. The second-order valence-corrected chi connectivity index (χ2v) is 6.94. The van der Waals surface area contributed by atoms with Crippen molar-refractivity contribution in [3.63, 3.8) is 0 Å². The second kappa shape index (κ2) is 8.77. The minimum absolute atomic E-state index is 0.0710. The molecule has 0 aliphatic heterocycles. The SMILES string of the molecule is CCN(CC(=O)O)C(=O)C(C)NC(=O)OCC1c2ccccc2-c2ccccc21. The summed E-state index contributed by atoms with van der Waals surface area (Å²) >= 11 is 0. The lowest BCUT2D eigenvalue weighted by Crippen LogP contribution is -2.48. The highest BCUT2D eigenvalue weighted by molar-refractivity contribution is 5.87. The number of carboxylic acid groups (broad SMARTS) is 1. The molecule has 29 heavy (non-hydrogen) atoms. The molecule has 7 heteroatoms. The van der Waals surface area contributed by atoms with Crippen molar-refractivity contribution in [3.8, 4) is 11.1 Å². The molecule has 0 bridgehead atoms. The molecule has 1 aliphatic rings. The zero-order valence-electron chi connectivity index (χ0n) is 16.4. The fourth-order valence-electron chi connectivity index (χ4n) is 3.66. The highest BCUT2D eigenvalue weighted by Gasteiger charge is 2.29. The van der Waals surface area contributed by atoms with Crippen molar-refractivity contribution in [2.24, 2.45) is 0 Å². The van der Waals surface area contributed by atoms with Gasteiger partial charge < -0.3 is 20.1 Å². The van der Waals surface area contributed by atoms with Crippen LogP contribution in [-0.2, 0) is 14.3 Å². The van der Waals surface area contributed by atoms with Gasteiger partial charge in [-0.3, -0.25) is 9.59 Å². The Hall–Kier alpha value is -3.35. The highest BCUT2D eigenvalue weighted by Crippen LogP contribution is 2.44. The van der Waals surface area contributed by atoms with E-state index >= 15 is 0 Å². The molecular weight excluding hydrogens is 372 g/mol. The summed E-state index contributed by atoms with van der Waals surface area (Å²) in [6, 6.07) is 15.2. The van der Waals surface area contributed by atoms with Crippen LogP contribution in [0.1, 0.15) is 30.9 Å². The number of alkyl carbamates (subject to hydrolysis) is 1. The molecule has 0 aromatic heterocycles. The molecule has 0 radical (unpaired) electrons. The van der Waals surface area contributed by atoms with E-state index in [9.17, 15) is 14.4 Å². The molecule has 2 aromatic carbocycles. The van der Waals surface area contributed by atoms with E-state index in [1.807, 2.05) is 36.4 Å². The zero-order valence-corrected chi connectivity index (χ0v) is 16.4. The molecule has 3 rings (SSSR count).